The lowest BCUT2D eigenvalue weighted by molar-refractivity contribution is -0.118. The molecule has 0 saturated carbocycles. The maximum Gasteiger partial charge on any atom is 0.356 e. The molecule has 1 aromatic heterocycles. The van der Waals surface area contributed by atoms with Crippen LogP contribution in [0.5, 0.6) is 11.6 Å². The lowest BCUT2D eigenvalue weighted by atomic mass is 10.1. The van der Waals surface area contributed by atoms with Gasteiger partial charge in [0.1, 0.15) is 10.6 Å². The molecule has 1 saturated heterocycles. The number of benzene rings is 2. The number of aromatic carboxylic acids is 1. The van der Waals surface area contributed by atoms with E-state index in [0.717, 1.165) is 11.1 Å². The van der Waals surface area contributed by atoms with Crippen molar-refractivity contribution in [3.05, 3.63) is 58.8 Å². The second-order valence-electron chi connectivity index (χ2n) is 9.71. The van der Waals surface area contributed by atoms with Crippen LogP contribution in [0.4, 0.5) is 5.69 Å². The Hall–Kier alpha value is -3.74. The number of anilines is 1. The Kier molecular flexibility index (Phi) is 8.09. The van der Waals surface area contributed by atoms with Gasteiger partial charge in [-0.2, -0.15) is 14.1 Å². The van der Waals surface area contributed by atoms with Gasteiger partial charge in [-0.15, -0.1) is 0 Å². The van der Waals surface area contributed by atoms with Crippen molar-refractivity contribution in [2.45, 2.75) is 39.5 Å². The van der Waals surface area contributed by atoms with Crippen molar-refractivity contribution in [1.29, 1.82) is 0 Å². The summed E-state index contributed by atoms with van der Waals surface area (Å²) in [4.78, 5) is 24.1. The van der Waals surface area contributed by atoms with Gasteiger partial charge in [-0.3, -0.25) is 4.79 Å². The van der Waals surface area contributed by atoms with Crippen LogP contribution in [0.3, 0.4) is 0 Å². The Morgan fingerprint density at radius 2 is 1.77 bits per heavy atom. The number of hydrogen-bond acceptors (Lipinski definition) is 7. The van der Waals surface area contributed by atoms with Gasteiger partial charge in [0, 0.05) is 30.3 Å². The normalized spacial score (nSPS) is 14.4. The minimum Gasteiger partial charge on any atom is -0.476 e. The van der Waals surface area contributed by atoms with Gasteiger partial charge in [0.25, 0.3) is 0 Å². The molecule has 3 aromatic rings. The smallest absolute Gasteiger partial charge is 0.356 e. The number of amides is 1. The van der Waals surface area contributed by atoms with Crippen LogP contribution < -0.4 is 10.1 Å². The van der Waals surface area contributed by atoms with Crippen LogP contribution >= 0.6 is 0 Å². The first kappa shape index (κ1) is 28.3. The third-order valence-electron chi connectivity index (χ3n) is 6.38. The molecule has 1 aliphatic heterocycles. The van der Waals surface area contributed by atoms with Crippen molar-refractivity contribution in [3.63, 3.8) is 0 Å². The molecule has 1 fully saturated rings. The molecule has 39 heavy (non-hydrogen) atoms. The lowest BCUT2D eigenvalue weighted by Crippen LogP contribution is -2.40. The summed E-state index contributed by atoms with van der Waals surface area (Å²) in [5.41, 5.74) is 2.73. The summed E-state index contributed by atoms with van der Waals surface area (Å²) >= 11 is 0. The molecule has 0 radical (unpaired) electrons. The van der Waals surface area contributed by atoms with Crippen molar-refractivity contribution in [1.82, 2.24) is 14.1 Å². The highest BCUT2D eigenvalue weighted by Gasteiger charge is 2.32. The summed E-state index contributed by atoms with van der Waals surface area (Å²) in [7, 11) is -4.07. The van der Waals surface area contributed by atoms with E-state index in [4.69, 9.17) is 9.47 Å². The van der Waals surface area contributed by atoms with E-state index in [0.29, 0.717) is 11.4 Å². The van der Waals surface area contributed by atoms with E-state index in [1.165, 1.54) is 21.1 Å². The Labute approximate surface area is 227 Å². The standard InChI is InChI=1S/C27H32N4O7S/c1-16(2)25(32)28-20-7-9-22(23(15-20)39(35,36)30-10-12-37-13-11-30)38-26-19(5)24(27(33)34)29-31(26)21-8-6-17(3)14-18(21)4/h6-9,14-16H,10-13H2,1-5H3,(H,28,32)(H,33,34). The molecule has 12 heteroatoms. The van der Waals surface area contributed by atoms with Gasteiger partial charge in [0.2, 0.25) is 21.8 Å². The monoisotopic (exact) mass is 556 g/mol. The van der Waals surface area contributed by atoms with E-state index >= 15 is 0 Å². The van der Waals surface area contributed by atoms with Gasteiger partial charge >= 0.3 is 5.97 Å². The number of nitrogens with zero attached hydrogens (tertiary/aromatic N) is 3. The molecule has 1 amide bonds. The molecule has 2 N–H and O–H groups in total. The SMILES string of the molecule is Cc1ccc(-n2nc(C(=O)O)c(C)c2Oc2ccc(NC(=O)C(C)C)cc2S(=O)(=O)N2CCOCC2)c(C)c1. The molecule has 2 aromatic carbocycles. The number of sulfonamides is 1. The number of rotatable bonds is 8. The highest BCUT2D eigenvalue weighted by molar-refractivity contribution is 7.89. The van der Waals surface area contributed by atoms with Gasteiger partial charge in [-0.25, -0.2) is 13.2 Å². The average Bonchev–Trinajstić information content (AvgIpc) is 3.21. The number of aryl methyl sites for hydroxylation is 2. The van der Waals surface area contributed by atoms with Crippen molar-refractivity contribution in [3.8, 4) is 17.3 Å². The average molecular weight is 557 g/mol. The van der Waals surface area contributed by atoms with E-state index in [9.17, 15) is 23.1 Å². The molecule has 0 spiro atoms. The first-order chi connectivity index (χ1) is 18.4. The van der Waals surface area contributed by atoms with Gasteiger partial charge < -0.3 is 19.9 Å². The quantitative estimate of drug-likeness (QED) is 0.426. The van der Waals surface area contributed by atoms with E-state index < -0.39 is 16.0 Å². The number of nitrogens with one attached hydrogen (secondary N) is 1. The van der Waals surface area contributed by atoms with Crippen LogP contribution in [0.15, 0.2) is 41.3 Å². The highest BCUT2D eigenvalue weighted by Crippen LogP contribution is 2.37. The molecule has 0 unspecified atom stereocenters. The molecule has 11 nitrogen and oxygen atoms in total. The predicted octanol–water partition coefficient (Wildman–Crippen LogP) is 3.90. The van der Waals surface area contributed by atoms with Crippen LogP contribution in [-0.2, 0) is 19.6 Å². The maximum absolute atomic E-state index is 13.8. The zero-order chi connectivity index (χ0) is 28.5. The molecule has 4 rings (SSSR count). The predicted molar refractivity (Wildman–Crippen MR) is 144 cm³/mol. The van der Waals surface area contributed by atoms with Crippen molar-refractivity contribution >= 4 is 27.6 Å². The fourth-order valence-electron chi connectivity index (χ4n) is 4.20. The molecular formula is C27H32N4O7S. The topological polar surface area (TPSA) is 140 Å². The maximum atomic E-state index is 13.8. The summed E-state index contributed by atoms with van der Waals surface area (Å²) in [6, 6.07) is 9.93. The summed E-state index contributed by atoms with van der Waals surface area (Å²) < 4.78 is 41.8. The van der Waals surface area contributed by atoms with Crippen LogP contribution in [0, 0.1) is 26.7 Å². The largest absolute Gasteiger partial charge is 0.476 e. The summed E-state index contributed by atoms with van der Waals surface area (Å²) in [6.07, 6.45) is 0. The Balaban J connectivity index is 1.87. The second kappa shape index (κ2) is 11.2. The Bertz CT molecular complexity index is 1520. The minimum absolute atomic E-state index is 0.0324. The molecule has 2 heterocycles. The van der Waals surface area contributed by atoms with Crippen molar-refractivity contribution in [2.75, 3.05) is 31.6 Å². The van der Waals surface area contributed by atoms with E-state index in [-0.39, 0.29) is 65.9 Å². The molecule has 0 bridgehead atoms. The van der Waals surface area contributed by atoms with Gasteiger partial charge in [-0.1, -0.05) is 31.5 Å². The number of carbonyl (C=O) groups is 2. The summed E-state index contributed by atoms with van der Waals surface area (Å²) in [5.74, 6) is -1.79. The second-order valence-corrected chi connectivity index (χ2v) is 11.6. The molecule has 0 atom stereocenters. The molecule has 1 aliphatic rings. The molecule has 0 aliphatic carbocycles. The fraction of sp³-hybridized carbons (Fsp3) is 0.370. The van der Waals surface area contributed by atoms with Gasteiger partial charge in [-0.05, 0) is 50.6 Å². The van der Waals surface area contributed by atoms with E-state index in [2.05, 4.69) is 10.4 Å². The van der Waals surface area contributed by atoms with E-state index in [1.807, 2.05) is 26.0 Å². The van der Waals surface area contributed by atoms with Crippen LogP contribution in [0.1, 0.15) is 41.0 Å². The Morgan fingerprint density at radius 3 is 2.38 bits per heavy atom. The lowest BCUT2D eigenvalue weighted by Gasteiger charge is -2.27. The van der Waals surface area contributed by atoms with Crippen molar-refractivity contribution < 1.29 is 32.6 Å². The summed E-state index contributed by atoms with van der Waals surface area (Å²) in [5, 5.41) is 16.8. The third-order valence-corrected chi connectivity index (χ3v) is 8.30. The van der Waals surface area contributed by atoms with Crippen LogP contribution in [-0.4, -0.2) is 65.8 Å². The number of carbonyl (C=O) groups excluding carboxylic acids is 1. The number of hydrogen-bond donors (Lipinski definition) is 2. The number of ether oxygens (including phenoxy) is 2. The Morgan fingerprint density at radius 1 is 1.08 bits per heavy atom. The highest BCUT2D eigenvalue weighted by atomic mass is 32.2. The molecular weight excluding hydrogens is 524 g/mol. The first-order valence-electron chi connectivity index (χ1n) is 12.5. The van der Waals surface area contributed by atoms with E-state index in [1.54, 1.807) is 32.9 Å². The van der Waals surface area contributed by atoms with Crippen molar-refractivity contribution in [2.24, 2.45) is 5.92 Å². The first-order valence-corrected chi connectivity index (χ1v) is 14.0. The van der Waals surface area contributed by atoms with Crippen LogP contribution in [0.25, 0.3) is 5.69 Å². The zero-order valence-electron chi connectivity index (χ0n) is 22.5. The zero-order valence-corrected chi connectivity index (χ0v) is 23.3. The van der Waals surface area contributed by atoms with Gasteiger partial charge in [0.15, 0.2) is 5.69 Å². The third kappa shape index (κ3) is 5.82. The fourth-order valence-corrected chi connectivity index (χ4v) is 5.75. The number of carboxylic acid groups (broad SMARTS) is 1. The van der Waals surface area contributed by atoms with Crippen LogP contribution in [0.2, 0.25) is 0 Å². The number of carboxylic acids is 1. The molecule has 208 valence electrons. The van der Waals surface area contributed by atoms with Gasteiger partial charge in [0.05, 0.1) is 18.9 Å². The summed E-state index contributed by atoms with van der Waals surface area (Å²) in [6.45, 7) is 9.64. The minimum atomic E-state index is -4.07. The number of morpholine rings is 1. The number of aromatic nitrogens is 2.